The third-order valence-electron chi connectivity index (χ3n) is 3.40. The normalized spacial score (nSPS) is 18.2. The van der Waals surface area contributed by atoms with Gasteiger partial charge in [0.05, 0.1) is 0 Å². The van der Waals surface area contributed by atoms with E-state index >= 15 is 0 Å². The van der Waals surface area contributed by atoms with Crippen LogP contribution in [0.25, 0.3) is 0 Å². The molecule has 112 valence electrons. The van der Waals surface area contributed by atoms with Crippen molar-refractivity contribution in [3.63, 3.8) is 0 Å². The topological polar surface area (TPSA) is 41.1 Å². The van der Waals surface area contributed by atoms with Gasteiger partial charge in [0.25, 0.3) is 0 Å². The Hall–Kier alpha value is -0.710. The van der Waals surface area contributed by atoms with E-state index in [1.807, 2.05) is 11.8 Å². The summed E-state index contributed by atoms with van der Waals surface area (Å²) in [4.78, 5) is 11.9. The molecule has 2 rings (SSSR count). The van der Waals surface area contributed by atoms with Gasteiger partial charge in [-0.25, -0.2) is 0 Å². The summed E-state index contributed by atoms with van der Waals surface area (Å²) in [7, 11) is 0. The molecule has 1 saturated heterocycles. The molecule has 1 atom stereocenters. The Morgan fingerprint density at radius 1 is 1.45 bits per heavy atom. The lowest BCUT2D eigenvalue weighted by Crippen LogP contribution is -2.41. The Morgan fingerprint density at radius 2 is 2.25 bits per heavy atom. The molecule has 0 aliphatic carbocycles. The van der Waals surface area contributed by atoms with Gasteiger partial charge in [-0.15, -0.1) is 12.4 Å². The van der Waals surface area contributed by atoms with Crippen LogP contribution in [-0.2, 0) is 11.3 Å². The number of carbonyl (C=O) groups excluding carboxylic acids is 1. The van der Waals surface area contributed by atoms with Gasteiger partial charge in [-0.1, -0.05) is 23.8 Å². The quantitative estimate of drug-likeness (QED) is 0.897. The molecule has 0 radical (unpaired) electrons. The summed E-state index contributed by atoms with van der Waals surface area (Å²) < 4.78 is 0. The predicted molar refractivity (Wildman–Crippen MR) is 88.7 cm³/mol. The van der Waals surface area contributed by atoms with Crippen LogP contribution in [0.2, 0.25) is 0 Å². The summed E-state index contributed by atoms with van der Waals surface area (Å²) in [6.45, 7) is 5.82. The predicted octanol–water partition coefficient (Wildman–Crippen LogP) is 2.44. The van der Waals surface area contributed by atoms with E-state index in [9.17, 15) is 4.79 Å². The van der Waals surface area contributed by atoms with Gasteiger partial charge in [-0.2, -0.15) is 11.8 Å². The van der Waals surface area contributed by atoms with Crippen molar-refractivity contribution in [3.8, 4) is 0 Å². The summed E-state index contributed by atoms with van der Waals surface area (Å²) in [5, 5.41) is 6.40. The molecule has 0 bridgehead atoms. The molecular weight excluding hydrogens is 292 g/mol. The Kier molecular flexibility index (Phi) is 7.41. The zero-order chi connectivity index (χ0) is 13.7. The first-order valence-electron chi connectivity index (χ1n) is 6.79. The number of rotatable bonds is 4. The smallest absolute Gasteiger partial charge is 0.221 e. The largest absolute Gasteiger partial charge is 0.352 e. The fourth-order valence-corrected chi connectivity index (χ4v) is 3.23. The van der Waals surface area contributed by atoms with Gasteiger partial charge in [0.1, 0.15) is 0 Å². The Bertz CT molecular complexity index is 447. The Morgan fingerprint density at radius 3 is 2.90 bits per heavy atom. The van der Waals surface area contributed by atoms with E-state index in [4.69, 9.17) is 0 Å². The molecular formula is C15H23ClN2OS. The van der Waals surface area contributed by atoms with Crippen molar-refractivity contribution < 1.29 is 4.79 Å². The van der Waals surface area contributed by atoms with Crippen LogP contribution in [0.15, 0.2) is 18.2 Å². The van der Waals surface area contributed by atoms with Crippen molar-refractivity contribution in [3.05, 3.63) is 34.9 Å². The maximum Gasteiger partial charge on any atom is 0.221 e. The number of halogens is 1. The van der Waals surface area contributed by atoms with Gasteiger partial charge in [-0.3, -0.25) is 4.79 Å². The highest BCUT2D eigenvalue weighted by Gasteiger charge is 2.16. The van der Waals surface area contributed by atoms with Crippen LogP contribution in [-0.4, -0.2) is 30.0 Å². The summed E-state index contributed by atoms with van der Waals surface area (Å²) >= 11 is 1.92. The highest BCUT2D eigenvalue weighted by Crippen LogP contribution is 2.12. The summed E-state index contributed by atoms with van der Waals surface area (Å²) in [6, 6.07) is 6.67. The van der Waals surface area contributed by atoms with E-state index in [0.29, 0.717) is 19.0 Å². The number of benzene rings is 1. The molecule has 1 aliphatic rings. The van der Waals surface area contributed by atoms with E-state index in [0.717, 1.165) is 18.1 Å². The molecule has 1 heterocycles. The second-order valence-electron chi connectivity index (χ2n) is 5.14. The van der Waals surface area contributed by atoms with Gasteiger partial charge in [0.15, 0.2) is 0 Å². The van der Waals surface area contributed by atoms with Crippen LogP contribution in [0.4, 0.5) is 0 Å². The van der Waals surface area contributed by atoms with Crippen LogP contribution < -0.4 is 10.6 Å². The van der Waals surface area contributed by atoms with E-state index in [-0.39, 0.29) is 18.3 Å². The third kappa shape index (κ3) is 5.35. The zero-order valence-electron chi connectivity index (χ0n) is 12.1. The van der Waals surface area contributed by atoms with E-state index < -0.39 is 0 Å². The second kappa shape index (κ2) is 8.55. The fourth-order valence-electron chi connectivity index (χ4n) is 2.28. The van der Waals surface area contributed by atoms with E-state index in [2.05, 4.69) is 42.7 Å². The van der Waals surface area contributed by atoms with Crippen molar-refractivity contribution in [2.45, 2.75) is 32.9 Å². The average molecular weight is 315 g/mol. The van der Waals surface area contributed by atoms with Gasteiger partial charge in [0.2, 0.25) is 5.91 Å². The maximum atomic E-state index is 11.9. The lowest BCUT2D eigenvalue weighted by atomic mass is 10.1. The lowest BCUT2D eigenvalue weighted by Gasteiger charge is -2.22. The van der Waals surface area contributed by atoms with Gasteiger partial charge in [-0.05, 0) is 25.0 Å². The number of aryl methyl sites for hydroxylation is 2. The van der Waals surface area contributed by atoms with Crippen LogP contribution in [0, 0.1) is 13.8 Å². The molecule has 0 saturated carbocycles. The standard InChI is InChI=1S/C15H22N2OS.ClH/c1-11-3-4-13(12(2)7-11)9-17-15(18)8-14-10-19-6-5-16-14;/h3-4,7,14,16H,5-6,8-10H2,1-2H3,(H,17,18);1H. The van der Waals surface area contributed by atoms with Gasteiger partial charge in [0, 0.05) is 37.1 Å². The maximum absolute atomic E-state index is 11.9. The number of nitrogens with one attached hydrogen (secondary N) is 2. The molecule has 1 aromatic rings. The molecule has 2 N–H and O–H groups in total. The van der Waals surface area contributed by atoms with Crippen molar-refractivity contribution in [1.29, 1.82) is 0 Å². The molecule has 1 aromatic carbocycles. The minimum atomic E-state index is 0. The highest BCUT2D eigenvalue weighted by molar-refractivity contribution is 7.99. The van der Waals surface area contributed by atoms with Crippen LogP contribution in [0.5, 0.6) is 0 Å². The Labute approximate surface area is 131 Å². The number of thioether (sulfide) groups is 1. The monoisotopic (exact) mass is 314 g/mol. The summed E-state index contributed by atoms with van der Waals surface area (Å²) in [5.41, 5.74) is 3.70. The lowest BCUT2D eigenvalue weighted by molar-refractivity contribution is -0.121. The molecule has 1 aliphatic heterocycles. The van der Waals surface area contributed by atoms with Crippen molar-refractivity contribution in [2.75, 3.05) is 18.1 Å². The van der Waals surface area contributed by atoms with Crippen LogP contribution >= 0.6 is 24.2 Å². The summed E-state index contributed by atoms with van der Waals surface area (Å²) in [5.74, 6) is 2.33. The molecule has 0 aromatic heterocycles. The minimum Gasteiger partial charge on any atom is -0.352 e. The fraction of sp³-hybridized carbons (Fsp3) is 0.533. The second-order valence-corrected chi connectivity index (χ2v) is 6.29. The molecule has 3 nitrogen and oxygen atoms in total. The average Bonchev–Trinajstić information content (AvgIpc) is 2.39. The number of amides is 1. The number of hydrogen-bond donors (Lipinski definition) is 2. The molecule has 20 heavy (non-hydrogen) atoms. The first kappa shape index (κ1) is 17.3. The van der Waals surface area contributed by atoms with Crippen LogP contribution in [0.1, 0.15) is 23.1 Å². The van der Waals surface area contributed by atoms with Gasteiger partial charge < -0.3 is 10.6 Å². The molecule has 1 fully saturated rings. The SMILES string of the molecule is Cc1ccc(CNC(=O)CC2CSCCN2)c(C)c1.Cl. The van der Waals surface area contributed by atoms with E-state index in [1.165, 1.54) is 16.7 Å². The van der Waals surface area contributed by atoms with Crippen molar-refractivity contribution >= 4 is 30.1 Å². The third-order valence-corrected chi connectivity index (χ3v) is 4.54. The molecule has 0 spiro atoms. The molecule has 5 heteroatoms. The minimum absolute atomic E-state index is 0. The zero-order valence-corrected chi connectivity index (χ0v) is 13.7. The first-order chi connectivity index (χ1) is 9.15. The molecule has 1 unspecified atom stereocenters. The van der Waals surface area contributed by atoms with Crippen LogP contribution in [0.3, 0.4) is 0 Å². The van der Waals surface area contributed by atoms with Crippen molar-refractivity contribution in [2.24, 2.45) is 0 Å². The Balaban J connectivity index is 0.00000200. The van der Waals surface area contributed by atoms with Gasteiger partial charge >= 0.3 is 0 Å². The molecule has 1 amide bonds. The first-order valence-corrected chi connectivity index (χ1v) is 7.94. The van der Waals surface area contributed by atoms with Crippen molar-refractivity contribution in [1.82, 2.24) is 10.6 Å². The summed E-state index contributed by atoms with van der Waals surface area (Å²) in [6.07, 6.45) is 0.581. The van der Waals surface area contributed by atoms with E-state index in [1.54, 1.807) is 0 Å². The number of hydrogen-bond acceptors (Lipinski definition) is 3. The number of carbonyl (C=O) groups is 1. The highest BCUT2D eigenvalue weighted by atomic mass is 35.5.